The van der Waals surface area contributed by atoms with Gasteiger partial charge in [0.25, 0.3) is 0 Å². The minimum absolute atomic E-state index is 0.330. The van der Waals surface area contributed by atoms with Crippen LogP contribution in [-0.2, 0) is 10.0 Å². The maximum Gasteiger partial charge on any atom is 0.236 e. The van der Waals surface area contributed by atoms with Gasteiger partial charge in [-0.05, 0) is 31.2 Å². The van der Waals surface area contributed by atoms with Gasteiger partial charge in [0.1, 0.15) is 0 Å². The highest BCUT2D eigenvalue weighted by Crippen LogP contribution is 2.26. The summed E-state index contributed by atoms with van der Waals surface area (Å²) in [5.41, 5.74) is 0.436. The van der Waals surface area contributed by atoms with Gasteiger partial charge in [0.05, 0.1) is 21.0 Å². The molecule has 0 spiro atoms. The molecule has 7 heteroatoms. The van der Waals surface area contributed by atoms with Gasteiger partial charge < -0.3 is 5.32 Å². The van der Waals surface area contributed by atoms with Gasteiger partial charge in [-0.25, -0.2) is 8.42 Å². The number of hydrogen-bond donors (Lipinski definition) is 2. The molecule has 1 fully saturated rings. The maximum atomic E-state index is 12.0. The number of anilines is 1. The summed E-state index contributed by atoms with van der Waals surface area (Å²) in [5.74, 6) is 0. The molecule has 1 atom stereocenters. The third kappa shape index (κ3) is 3.04. The standard InChI is InChI=1S/C10H12Cl2N2O2S/c11-9-2-1-7(5-10(9)12)14-17(15,16)8-3-4-13-6-8/h1-2,5,8,13-14H,3-4,6H2. The summed E-state index contributed by atoms with van der Waals surface area (Å²) in [7, 11) is -3.36. The van der Waals surface area contributed by atoms with Crippen LogP contribution in [0.5, 0.6) is 0 Å². The van der Waals surface area contributed by atoms with E-state index in [4.69, 9.17) is 23.2 Å². The molecule has 1 heterocycles. The van der Waals surface area contributed by atoms with Gasteiger partial charge in [-0.1, -0.05) is 23.2 Å². The lowest BCUT2D eigenvalue weighted by Gasteiger charge is -2.13. The summed E-state index contributed by atoms with van der Waals surface area (Å²) >= 11 is 11.6. The largest absolute Gasteiger partial charge is 0.315 e. The third-order valence-electron chi connectivity index (χ3n) is 2.63. The molecule has 2 N–H and O–H groups in total. The average molecular weight is 295 g/mol. The van der Waals surface area contributed by atoms with Gasteiger partial charge in [0.15, 0.2) is 0 Å². The molecule has 0 saturated carbocycles. The summed E-state index contributed by atoms with van der Waals surface area (Å²) in [4.78, 5) is 0. The Kier molecular flexibility index (Phi) is 3.82. The van der Waals surface area contributed by atoms with Crippen molar-refractivity contribution < 1.29 is 8.42 Å². The van der Waals surface area contributed by atoms with E-state index >= 15 is 0 Å². The molecule has 4 nitrogen and oxygen atoms in total. The lowest BCUT2D eigenvalue weighted by Crippen LogP contribution is -2.29. The summed E-state index contributed by atoms with van der Waals surface area (Å²) < 4.78 is 26.5. The Labute approximate surface area is 110 Å². The summed E-state index contributed by atoms with van der Waals surface area (Å²) in [6, 6.07) is 4.66. The molecule has 0 amide bonds. The quantitative estimate of drug-likeness (QED) is 0.898. The predicted molar refractivity (Wildman–Crippen MR) is 70.3 cm³/mol. The molecule has 2 rings (SSSR count). The number of halogens is 2. The molecule has 1 unspecified atom stereocenters. The van der Waals surface area contributed by atoms with Crippen LogP contribution in [0.25, 0.3) is 0 Å². The normalized spacial score (nSPS) is 20.5. The third-order valence-corrected chi connectivity index (χ3v) is 5.17. The number of benzene rings is 1. The van der Waals surface area contributed by atoms with Crippen molar-refractivity contribution in [2.24, 2.45) is 0 Å². The molecule has 0 radical (unpaired) electrons. The molecule has 0 bridgehead atoms. The fraction of sp³-hybridized carbons (Fsp3) is 0.400. The maximum absolute atomic E-state index is 12.0. The number of nitrogens with one attached hydrogen (secondary N) is 2. The molecule has 0 aromatic heterocycles. The van der Waals surface area contributed by atoms with Crippen molar-refractivity contribution in [2.45, 2.75) is 11.7 Å². The Bertz CT molecular complexity index is 513. The molecule has 94 valence electrons. The van der Waals surface area contributed by atoms with E-state index in [-0.39, 0.29) is 0 Å². The Morgan fingerprint density at radius 1 is 1.29 bits per heavy atom. The molecular formula is C10H12Cl2N2O2S. The highest BCUT2D eigenvalue weighted by Gasteiger charge is 2.28. The van der Waals surface area contributed by atoms with Crippen LogP contribution in [0.15, 0.2) is 18.2 Å². The second-order valence-corrected chi connectivity index (χ2v) is 6.67. The van der Waals surface area contributed by atoms with Crippen LogP contribution in [0.1, 0.15) is 6.42 Å². The summed E-state index contributed by atoms with van der Waals surface area (Å²) in [6.45, 7) is 1.21. The lowest BCUT2D eigenvalue weighted by molar-refractivity contribution is 0.588. The highest BCUT2D eigenvalue weighted by molar-refractivity contribution is 7.93. The fourth-order valence-corrected chi connectivity index (χ4v) is 3.39. The van der Waals surface area contributed by atoms with Crippen molar-refractivity contribution in [2.75, 3.05) is 17.8 Å². The van der Waals surface area contributed by atoms with Gasteiger partial charge in [0, 0.05) is 6.54 Å². The van der Waals surface area contributed by atoms with Gasteiger partial charge in [-0.3, -0.25) is 4.72 Å². The Morgan fingerprint density at radius 2 is 2.06 bits per heavy atom. The zero-order chi connectivity index (χ0) is 12.5. The monoisotopic (exact) mass is 294 g/mol. The van der Waals surface area contributed by atoms with Crippen LogP contribution in [0.2, 0.25) is 10.0 Å². The van der Waals surface area contributed by atoms with Crippen molar-refractivity contribution in [1.82, 2.24) is 5.32 Å². The molecule has 1 saturated heterocycles. The Balaban J connectivity index is 2.17. The van der Waals surface area contributed by atoms with Crippen LogP contribution < -0.4 is 10.0 Å². The van der Waals surface area contributed by atoms with Crippen LogP contribution in [0, 0.1) is 0 Å². The molecule has 0 aliphatic carbocycles. The minimum Gasteiger partial charge on any atom is -0.315 e. The molecule has 1 aliphatic heterocycles. The zero-order valence-electron chi connectivity index (χ0n) is 8.91. The second-order valence-electron chi connectivity index (χ2n) is 3.89. The van der Waals surface area contributed by atoms with E-state index in [9.17, 15) is 8.42 Å². The second kappa shape index (κ2) is 5.02. The van der Waals surface area contributed by atoms with Gasteiger partial charge in [0.2, 0.25) is 10.0 Å². The first-order valence-corrected chi connectivity index (χ1v) is 7.47. The van der Waals surface area contributed by atoms with Crippen LogP contribution >= 0.6 is 23.2 Å². The van der Waals surface area contributed by atoms with Crippen molar-refractivity contribution in [1.29, 1.82) is 0 Å². The summed E-state index contributed by atoms with van der Waals surface area (Å²) in [5, 5.41) is 3.36. The lowest BCUT2D eigenvalue weighted by atomic mass is 10.3. The van der Waals surface area contributed by atoms with E-state index in [0.717, 1.165) is 6.54 Å². The van der Waals surface area contributed by atoms with Crippen molar-refractivity contribution in [3.05, 3.63) is 28.2 Å². The smallest absolute Gasteiger partial charge is 0.236 e. The SMILES string of the molecule is O=S(=O)(Nc1ccc(Cl)c(Cl)c1)C1CCNC1. The average Bonchev–Trinajstić information content (AvgIpc) is 2.77. The van der Waals surface area contributed by atoms with Crippen molar-refractivity contribution in [3.8, 4) is 0 Å². The van der Waals surface area contributed by atoms with Gasteiger partial charge >= 0.3 is 0 Å². The molecule has 1 aromatic carbocycles. The predicted octanol–water partition coefficient (Wildman–Crippen LogP) is 2.10. The first-order valence-electron chi connectivity index (χ1n) is 5.16. The number of sulfonamides is 1. The topological polar surface area (TPSA) is 58.2 Å². The first-order chi connectivity index (χ1) is 7.99. The van der Waals surface area contributed by atoms with E-state index < -0.39 is 15.3 Å². The van der Waals surface area contributed by atoms with Crippen molar-refractivity contribution >= 4 is 38.9 Å². The number of hydrogen-bond acceptors (Lipinski definition) is 3. The van der Waals surface area contributed by atoms with Crippen molar-refractivity contribution in [3.63, 3.8) is 0 Å². The molecular weight excluding hydrogens is 283 g/mol. The summed E-state index contributed by atoms with van der Waals surface area (Å²) in [6.07, 6.45) is 0.622. The fourth-order valence-electron chi connectivity index (χ4n) is 1.70. The highest BCUT2D eigenvalue weighted by atomic mass is 35.5. The van der Waals surface area contributed by atoms with Gasteiger partial charge in [-0.15, -0.1) is 0 Å². The van der Waals surface area contributed by atoms with Crippen LogP contribution in [0.4, 0.5) is 5.69 Å². The van der Waals surface area contributed by atoms with E-state index in [1.54, 1.807) is 12.1 Å². The van der Waals surface area contributed by atoms with E-state index in [0.29, 0.717) is 28.7 Å². The Morgan fingerprint density at radius 3 is 2.65 bits per heavy atom. The number of rotatable bonds is 3. The zero-order valence-corrected chi connectivity index (χ0v) is 11.2. The minimum atomic E-state index is -3.36. The van der Waals surface area contributed by atoms with E-state index in [1.807, 2.05) is 0 Å². The molecule has 17 heavy (non-hydrogen) atoms. The van der Waals surface area contributed by atoms with E-state index in [1.165, 1.54) is 6.07 Å². The van der Waals surface area contributed by atoms with Crippen LogP contribution in [0.3, 0.4) is 0 Å². The first kappa shape index (κ1) is 13.0. The Hall–Kier alpha value is -0.490. The van der Waals surface area contributed by atoms with E-state index in [2.05, 4.69) is 10.0 Å². The van der Waals surface area contributed by atoms with Crippen LogP contribution in [-0.4, -0.2) is 26.8 Å². The van der Waals surface area contributed by atoms with Gasteiger partial charge in [-0.2, -0.15) is 0 Å². The molecule has 1 aliphatic rings. The molecule has 1 aromatic rings.